The van der Waals surface area contributed by atoms with Crippen LogP contribution in [0.15, 0.2) is 12.2 Å². The van der Waals surface area contributed by atoms with E-state index in [4.69, 9.17) is 5.11 Å². The molecule has 1 unspecified atom stereocenters. The molecule has 12 heavy (non-hydrogen) atoms. The highest BCUT2D eigenvalue weighted by atomic mass is 28.3. The van der Waals surface area contributed by atoms with Crippen LogP contribution in [0.2, 0.25) is 25.7 Å². The van der Waals surface area contributed by atoms with Crippen molar-refractivity contribution in [2.75, 3.05) is 0 Å². The van der Waals surface area contributed by atoms with Gasteiger partial charge in [-0.2, -0.15) is 0 Å². The minimum atomic E-state index is -0.973. The molecule has 2 heteroatoms. The van der Waals surface area contributed by atoms with E-state index in [2.05, 4.69) is 26.2 Å². The van der Waals surface area contributed by atoms with Crippen LogP contribution in [0.5, 0.6) is 0 Å². The highest BCUT2D eigenvalue weighted by Gasteiger charge is 2.14. The number of hydrogen-bond acceptors (Lipinski definition) is 1. The normalized spacial score (nSPS) is 14.4. The Morgan fingerprint density at radius 3 is 2.25 bits per heavy atom. The summed E-state index contributed by atoms with van der Waals surface area (Å²) < 4.78 is 0. The third kappa shape index (κ3) is 8.02. The van der Waals surface area contributed by atoms with Crippen LogP contribution in [-0.4, -0.2) is 19.3 Å². The largest absolute Gasteiger partial charge is 0.393 e. The molecule has 72 valence electrons. The zero-order valence-electron chi connectivity index (χ0n) is 8.85. The molecule has 1 atom stereocenters. The first kappa shape index (κ1) is 11.9. The van der Waals surface area contributed by atoms with Crippen LogP contribution in [0.1, 0.15) is 19.8 Å². The Morgan fingerprint density at radius 2 is 1.92 bits per heavy atom. The van der Waals surface area contributed by atoms with Crippen molar-refractivity contribution in [2.24, 2.45) is 0 Å². The summed E-state index contributed by atoms with van der Waals surface area (Å²) in [4.78, 5) is 0. The Hall–Kier alpha value is -0.0831. The lowest BCUT2D eigenvalue weighted by atomic mass is 10.1. The van der Waals surface area contributed by atoms with Crippen molar-refractivity contribution in [3.05, 3.63) is 12.2 Å². The van der Waals surface area contributed by atoms with Gasteiger partial charge in [0, 0.05) is 8.07 Å². The van der Waals surface area contributed by atoms with Crippen LogP contribution >= 0.6 is 0 Å². The van der Waals surface area contributed by atoms with Crippen molar-refractivity contribution < 1.29 is 5.11 Å². The molecule has 0 rings (SSSR count). The van der Waals surface area contributed by atoms with Gasteiger partial charge in [0.1, 0.15) is 0 Å². The van der Waals surface area contributed by atoms with Crippen molar-refractivity contribution >= 4 is 8.07 Å². The maximum atomic E-state index is 9.07. The van der Waals surface area contributed by atoms with Crippen LogP contribution in [-0.2, 0) is 0 Å². The average Bonchev–Trinajstić information content (AvgIpc) is 1.79. The second-order valence-electron chi connectivity index (χ2n) is 4.88. The molecule has 1 nitrogen and oxygen atoms in total. The monoisotopic (exact) mass is 186 g/mol. The van der Waals surface area contributed by atoms with Crippen molar-refractivity contribution in [3.8, 4) is 0 Å². The second-order valence-corrected chi connectivity index (χ2v) is 10.4. The van der Waals surface area contributed by atoms with Crippen LogP contribution in [0, 0.1) is 0 Å². The lowest BCUT2D eigenvalue weighted by Crippen LogP contribution is -2.19. The predicted octanol–water partition coefficient (Wildman–Crippen LogP) is 3.04. The molecule has 0 bridgehead atoms. The Kier molecular flexibility index (Phi) is 4.79. The van der Waals surface area contributed by atoms with Gasteiger partial charge in [0.15, 0.2) is 0 Å². The standard InChI is InChI=1S/C10H22OSi/c1-9(6-7-10(2)11)8-12(3,4)5/h10-11H,1,6-8H2,2-5H3. The molecule has 0 aromatic heterocycles. The fraction of sp³-hybridized carbons (Fsp3) is 0.800. The molecular formula is C10H22OSi. The molecule has 0 saturated carbocycles. The number of aliphatic hydroxyl groups is 1. The molecule has 0 radical (unpaired) electrons. The molecular weight excluding hydrogens is 164 g/mol. The fourth-order valence-electron chi connectivity index (χ4n) is 1.25. The molecule has 0 aromatic rings. The third-order valence-corrected chi connectivity index (χ3v) is 3.26. The second kappa shape index (κ2) is 4.82. The van der Waals surface area contributed by atoms with Gasteiger partial charge in [-0.1, -0.05) is 25.2 Å². The predicted molar refractivity (Wildman–Crippen MR) is 58.2 cm³/mol. The highest BCUT2D eigenvalue weighted by Crippen LogP contribution is 2.18. The SMILES string of the molecule is C=C(CCC(C)O)C[Si](C)(C)C. The molecule has 0 aliphatic carbocycles. The van der Waals surface area contributed by atoms with E-state index in [0.717, 1.165) is 12.8 Å². The van der Waals surface area contributed by atoms with Gasteiger partial charge in [-0.05, 0) is 25.8 Å². The van der Waals surface area contributed by atoms with E-state index in [-0.39, 0.29) is 6.10 Å². The maximum Gasteiger partial charge on any atom is 0.0515 e. The number of rotatable bonds is 5. The Labute approximate surface area is 77.5 Å². The van der Waals surface area contributed by atoms with E-state index >= 15 is 0 Å². The molecule has 0 aliphatic heterocycles. The number of hydrogen-bond donors (Lipinski definition) is 1. The minimum Gasteiger partial charge on any atom is -0.393 e. The topological polar surface area (TPSA) is 20.2 Å². The maximum absolute atomic E-state index is 9.07. The van der Waals surface area contributed by atoms with Gasteiger partial charge in [-0.3, -0.25) is 0 Å². The van der Waals surface area contributed by atoms with Crippen molar-refractivity contribution in [1.82, 2.24) is 0 Å². The van der Waals surface area contributed by atoms with E-state index in [0.29, 0.717) is 0 Å². The molecule has 0 saturated heterocycles. The van der Waals surface area contributed by atoms with Crippen LogP contribution in [0.4, 0.5) is 0 Å². The Balaban J connectivity index is 3.61. The van der Waals surface area contributed by atoms with E-state index < -0.39 is 8.07 Å². The summed E-state index contributed by atoms with van der Waals surface area (Å²) in [6.45, 7) is 12.9. The minimum absolute atomic E-state index is 0.177. The average molecular weight is 186 g/mol. The van der Waals surface area contributed by atoms with Gasteiger partial charge in [-0.25, -0.2) is 0 Å². The summed E-state index contributed by atoms with van der Waals surface area (Å²) in [7, 11) is -0.973. The molecule has 0 spiro atoms. The molecule has 0 aromatic carbocycles. The van der Waals surface area contributed by atoms with Gasteiger partial charge in [-0.15, -0.1) is 6.58 Å². The first-order valence-electron chi connectivity index (χ1n) is 4.66. The molecule has 1 N–H and O–H groups in total. The van der Waals surface area contributed by atoms with E-state index in [1.54, 1.807) is 0 Å². The zero-order chi connectivity index (χ0) is 9.78. The first-order valence-corrected chi connectivity index (χ1v) is 8.37. The Bertz CT molecular complexity index is 144. The summed E-state index contributed by atoms with van der Waals surface area (Å²) in [6.07, 6.45) is 1.68. The smallest absolute Gasteiger partial charge is 0.0515 e. The molecule has 0 aliphatic rings. The fourth-order valence-corrected chi connectivity index (χ4v) is 2.93. The van der Waals surface area contributed by atoms with E-state index in [1.165, 1.54) is 11.6 Å². The lowest BCUT2D eigenvalue weighted by molar-refractivity contribution is 0.185. The van der Waals surface area contributed by atoms with Crippen molar-refractivity contribution in [2.45, 2.75) is 51.6 Å². The third-order valence-electron chi connectivity index (χ3n) is 1.70. The molecule has 0 heterocycles. The zero-order valence-corrected chi connectivity index (χ0v) is 9.85. The molecule has 0 fully saturated rings. The van der Waals surface area contributed by atoms with Gasteiger partial charge in [0.25, 0.3) is 0 Å². The highest BCUT2D eigenvalue weighted by molar-refractivity contribution is 6.76. The van der Waals surface area contributed by atoms with Gasteiger partial charge in [0.05, 0.1) is 6.10 Å². The summed E-state index contributed by atoms with van der Waals surface area (Å²) in [6, 6.07) is 1.19. The van der Waals surface area contributed by atoms with E-state index in [1.807, 2.05) is 6.92 Å². The van der Waals surface area contributed by atoms with E-state index in [9.17, 15) is 0 Å². The van der Waals surface area contributed by atoms with Crippen LogP contribution in [0.3, 0.4) is 0 Å². The summed E-state index contributed by atoms with van der Waals surface area (Å²) in [5.74, 6) is 0. The summed E-state index contributed by atoms with van der Waals surface area (Å²) in [5, 5.41) is 9.07. The van der Waals surface area contributed by atoms with Crippen LogP contribution < -0.4 is 0 Å². The Morgan fingerprint density at radius 1 is 1.42 bits per heavy atom. The summed E-state index contributed by atoms with van der Waals surface area (Å²) >= 11 is 0. The number of aliphatic hydroxyl groups excluding tert-OH is 1. The summed E-state index contributed by atoms with van der Waals surface area (Å²) in [5.41, 5.74) is 1.31. The van der Waals surface area contributed by atoms with Crippen molar-refractivity contribution in [3.63, 3.8) is 0 Å². The first-order chi connectivity index (χ1) is 5.31. The number of allylic oxidation sites excluding steroid dienone is 1. The van der Waals surface area contributed by atoms with Gasteiger partial charge in [0.2, 0.25) is 0 Å². The lowest BCUT2D eigenvalue weighted by Gasteiger charge is -2.17. The molecule has 0 amide bonds. The van der Waals surface area contributed by atoms with Gasteiger partial charge < -0.3 is 5.11 Å². The van der Waals surface area contributed by atoms with Crippen molar-refractivity contribution in [1.29, 1.82) is 0 Å². The van der Waals surface area contributed by atoms with Crippen LogP contribution in [0.25, 0.3) is 0 Å². The quantitative estimate of drug-likeness (QED) is 0.517. The van der Waals surface area contributed by atoms with Gasteiger partial charge >= 0.3 is 0 Å².